The molecule has 2 aromatic rings. The van der Waals surface area contributed by atoms with E-state index in [4.69, 9.17) is 9.47 Å². The summed E-state index contributed by atoms with van der Waals surface area (Å²) in [5, 5.41) is 0. The summed E-state index contributed by atoms with van der Waals surface area (Å²) in [7, 11) is 3.38. The van der Waals surface area contributed by atoms with Crippen molar-refractivity contribution in [3.63, 3.8) is 0 Å². The molecule has 1 aliphatic rings. The summed E-state index contributed by atoms with van der Waals surface area (Å²) >= 11 is 0. The second kappa shape index (κ2) is 7.30. The van der Waals surface area contributed by atoms with E-state index in [1.165, 1.54) is 11.1 Å². The van der Waals surface area contributed by atoms with E-state index in [2.05, 4.69) is 40.6 Å². The van der Waals surface area contributed by atoms with Gasteiger partial charge in [0.2, 0.25) is 0 Å². The van der Waals surface area contributed by atoms with Crippen molar-refractivity contribution in [2.75, 3.05) is 27.3 Å². The molecular weight excluding hydrogens is 300 g/mol. The summed E-state index contributed by atoms with van der Waals surface area (Å²) in [6.07, 6.45) is 0. The smallest absolute Gasteiger partial charge is 0.118 e. The van der Waals surface area contributed by atoms with E-state index in [1.54, 1.807) is 14.2 Å². The summed E-state index contributed by atoms with van der Waals surface area (Å²) in [4.78, 5) is 4.65. The Morgan fingerprint density at radius 1 is 0.750 bits per heavy atom. The van der Waals surface area contributed by atoms with Crippen molar-refractivity contribution < 1.29 is 9.47 Å². The number of ether oxygens (including phenoxy) is 2. The fraction of sp³-hybridized carbons (Fsp3) is 0.300. The molecule has 0 atom stereocenters. The highest BCUT2D eigenvalue weighted by Crippen LogP contribution is 2.23. The summed E-state index contributed by atoms with van der Waals surface area (Å²) in [5.74, 6) is 2.86. The van der Waals surface area contributed by atoms with E-state index in [9.17, 15) is 0 Å². The number of nitrogens with zero attached hydrogens (tertiary/aromatic N) is 2. The zero-order chi connectivity index (χ0) is 16.9. The van der Waals surface area contributed by atoms with Gasteiger partial charge in [-0.2, -0.15) is 0 Å². The molecule has 0 aromatic heterocycles. The van der Waals surface area contributed by atoms with Crippen LogP contribution in [0.25, 0.3) is 0 Å². The van der Waals surface area contributed by atoms with Crippen molar-refractivity contribution in [1.29, 1.82) is 0 Å². The fourth-order valence-electron chi connectivity index (χ4n) is 2.94. The zero-order valence-electron chi connectivity index (χ0n) is 14.4. The van der Waals surface area contributed by atoms with Crippen LogP contribution in [0.1, 0.15) is 11.1 Å². The lowest BCUT2D eigenvalue weighted by molar-refractivity contribution is 0.328. The van der Waals surface area contributed by atoms with Crippen LogP contribution in [0.15, 0.2) is 60.9 Å². The third-order valence-corrected chi connectivity index (χ3v) is 4.43. The number of hydrogen-bond acceptors (Lipinski definition) is 4. The molecular formula is C20H24N2O2. The average Bonchev–Trinajstić information content (AvgIpc) is 2.96. The quantitative estimate of drug-likeness (QED) is 0.812. The van der Waals surface area contributed by atoms with Crippen LogP contribution in [0, 0.1) is 0 Å². The van der Waals surface area contributed by atoms with Crippen molar-refractivity contribution in [1.82, 2.24) is 9.80 Å². The van der Waals surface area contributed by atoms with Gasteiger partial charge in [-0.05, 0) is 35.4 Å². The van der Waals surface area contributed by atoms with Crippen molar-refractivity contribution in [3.05, 3.63) is 72.1 Å². The van der Waals surface area contributed by atoms with Gasteiger partial charge in [0.25, 0.3) is 0 Å². The van der Waals surface area contributed by atoms with Gasteiger partial charge in [0.15, 0.2) is 0 Å². The minimum absolute atomic E-state index is 0.877. The molecule has 0 amide bonds. The van der Waals surface area contributed by atoms with E-state index in [1.807, 2.05) is 24.3 Å². The first-order valence-corrected chi connectivity index (χ1v) is 8.14. The Kier molecular flexibility index (Phi) is 4.94. The molecule has 2 aromatic carbocycles. The molecule has 24 heavy (non-hydrogen) atoms. The van der Waals surface area contributed by atoms with Gasteiger partial charge in [-0.15, -0.1) is 0 Å². The van der Waals surface area contributed by atoms with Crippen LogP contribution < -0.4 is 9.47 Å². The van der Waals surface area contributed by atoms with Crippen molar-refractivity contribution in [3.8, 4) is 11.5 Å². The lowest BCUT2D eigenvalue weighted by atomic mass is 10.2. The molecule has 1 saturated heterocycles. The Morgan fingerprint density at radius 3 is 1.46 bits per heavy atom. The summed E-state index contributed by atoms with van der Waals surface area (Å²) in [6.45, 7) is 8.04. The Bertz CT molecular complexity index is 620. The van der Waals surface area contributed by atoms with Crippen molar-refractivity contribution >= 4 is 0 Å². The number of benzene rings is 2. The number of hydrogen-bond donors (Lipinski definition) is 0. The van der Waals surface area contributed by atoms with Gasteiger partial charge < -0.3 is 19.3 Å². The minimum atomic E-state index is 0.877. The maximum atomic E-state index is 5.21. The van der Waals surface area contributed by atoms with Gasteiger partial charge in [0, 0.05) is 26.2 Å². The third kappa shape index (κ3) is 3.65. The molecule has 1 fully saturated rings. The largest absolute Gasteiger partial charge is 0.497 e. The molecule has 126 valence electrons. The van der Waals surface area contributed by atoms with Gasteiger partial charge in [0.05, 0.1) is 20.0 Å². The molecule has 1 aliphatic heterocycles. The highest BCUT2D eigenvalue weighted by molar-refractivity contribution is 5.29. The molecule has 0 aliphatic carbocycles. The highest BCUT2D eigenvalue weighted by atomic mass is 16.5. The normalized spacial score (nSPS) is 14.2. The van der Waals surface area contributed by atoms with E-state index >= 15 is 0 Å². The molecule has 4 heteroatoms. The summed E-state index contributed by atoms with van der Waals surface area (Å²) in [5.41, 5.74) is 2.53. The molecule has 0 unspecified atom stereocenters. The van der Waals surface area contributed by atoms with E-state index in [0.29, 0.717) is 0 Å². The lowest BCUT2D eigenvalue weighted by Gasteiger charge is -2.24. The average molecular weight is 324 g/mol. The Morgan fingerprint density at radius 2 is 1.12 bits per heavy atom. The lowest BCUT2D eigenvalue weighted by Crippen LogP contribution is -2.21. The van der Waals surface area contributed by atoms with Crippen LogP contribution in [0.4, 0.5) is 0 Å². The Balaban J connectivity index is 1.59. The van der Waals surface area contributed by atoms with Gasteiger partial charge in [0.1, 0.15) is 11.5 Å². The van der Waals surface area contributed by atoms with E-state index < -0.39 is 0 Å². The van der Waals surface area contributed by atoms with Crippen LogP contribution in [-0.2, 0) is 13.1 Å². The first-order valence-electron chi connectivity index (χ1n) is 8.14. The molecule has 0 radical (unpaired) electrons. The molecule has 0 bridgehead atoms. The second-order valence-corrected chi connectivity index (χ2v) is 5.96. The predicted molar refractivity (Wildman–Crippen MR) is 95.9 cm³/mol. The van der Waals surface area contributed by atoms with Crippen LogP contribution in [0.2, 0.25) is 0 Å². The van der Waals surface area contributed by atoms with Crippen LogP contribution >= 0.6 is 0 Å². The monoisotopic (exact) mass is 324 g/mol. The zero-order valence-corrected chi connectivity index (χ0v) is 14.4. The minimum Gasteiger partial charge on any atom is -0.497 e. The molecule has 0 spiro atoms. The number of methoxy groups -OCH3 is 2. The van der Waals surface area contributed by atoms with Gasteiger partial charge in [-0.1, -0.05) is 30.8 Å². The van der Waals surface area contributed by atoms with Crippen molar-refractivity contribution in [2.24, 2.45) is 0 Å². The van der Waals surface area contributed by atoms with Crippen LogP contribution in [-0.4, -0.2) is 37.1 Å². The third-order valence-electron chi connectivity index (χ3n) is 4.43. The predicted octanol–water partition coefficient (Wildman–Crippen LogP) is 3.49. The summed E-state index contributed by atoms with van der Waals surface area (Å²) < 4.78 is 10.4. The SMILES string of the molecule is C=C1N(Cc2ccc(OC)cc2)CCN1Cc1ccc(OC)cc1. The van der Waals surface area contributed by atoms with Gasteiger partial charge in [-0.25, -0.2) is 0 Å². The van der Waals surface area contributed by atoms with Gasteiger partial charge in [-0.3, -0.25) is 0 Å². The second-order valence-electron chi connectivity index (χ2n) is 5.96. The maximum absolute atomic E-state index is 5.21. The Hall–Kier alpha value is -2.62. The van der Waals surface area contributed by atoms with Crippen molar-refractivity contribution in [2.45, 2.75) is 13.1 Å². The molecule has 3 rings (SSSR count). The number of rotatable bonds is 6. The first kappa shape index (κ1) is 16.2. The van der Waals surface area contributed by atoms with E-state index in [0.717, 1.165) is 43.5 Å². The molecule has 1 heterocycles. The Labute approximate surface area is 143 Å². The standard InChI is InChI=1S/C20H24N2O2/c1-16-21(14-17-4-8-19(23-2)9-5-17)12-13-22(16)15-18-6-10-20(24-3)11-7-18/h4-11H,1,12-15H2,2-3H3. The maximum Gasteiger partial charge on any atom is 0.118 e. The highest BCUT2D eigenvalue weighted by Gasteiger charge is 2.22. The first-order chi connectivity index (χ1) is 11.7. The van der Waals surface area contributed by atoms with E-state index in [-0.39, 0.29) is 0 Å². The molecule has 0 N–H and O–H groups in total. The van der Waals surface area contributed by atoms with Crippen LogP contribution in [0.5, 0.6) is 11.5 Å². The van der Waals surface area contributed by atoms with Gasteiger partial charge >= 0.3 is 0 Å². The van der Waals surface area contributed by atoms with Crippen LogP contribution in [0.3, 0.4) is 0 Å². The topological polar surface area (TPSA) is 24.9 Å². The fourth-order valence-corrected chi connectivity index (χ4v) is 2.94. The summed E-state index contributed by atoms with van der Waals surface area (Å²) in [6, 6.07) is 16.5. The molecule has 4 nitrogen and oxygen atoms in total. The molecule has 0 saturated carbocycles.